The fourth-order valence-electron chi connectivity index (χ4n) is 8.66. The number of aromatic hydroxyl groups is 1. The molecule has 14 heteroatoms. The third-order valence-corrected chi connectivity index (χ3v) is 12.8. The van der Waals surface area contributed by atoms with Gasteiger partial charge in [-0.1, -0.05) is 45.4 Å². The van der Waals surface area contributed by atoms with Crippen molar-refractivity contribution >= 4 is 9.84 Å². The van der Waals surface area contributed by atoms with Gasteiger partial charge in [0.2, 0.25) is 0 Å². The van der Waals surface area contributed by atoms with Gasteiger partial charge in [0.05, 0.1) is 17.6 Å². The molecule has 2 saturated carbocycles. The second-order valence-corrected chi connectivity index (χ2v) is 16.2. The van der Waals surface area contributed by atoms with Crippen LogP contribution in [0.1, 0.15) is 114 Å². The van der Waals surface area contributed by atoms with E-state index in [-0.39, 0.29) is 46.5 Å². The highest BCUT2D eigenvalue weighted by Crippen LogP contribution is 2.64. The molecule has 0 radical (unpaired) electrons. The topological polar surface area (TPSA) is 127 Å². The number of aliphatic hydroxyl groups excluding tert-OH is 1. The minimum atomic E-state index is -5.68. The SMILES string of the molecule is C[C@]12CC[C@@H]3c4c(cc(O)cc4O[N+](=O)[O-])C[C@@H](CCCCCCCCCS(=O)(=O)CCCC(F)(F)C(F)(F)F)[C@H]3[C@@H]1CC[C@@H]2O. The van der Waals surface area contributed by atoms with Gasteiger partial charge in [0.15, 0.2) is 0 Å². The van der Waals surface area contributed by atoms with Crippen LogP contribution in [0.3, 0.4) is 0 Å². The quantitative estimate of drug-likeness (QED) is 0.0785. The van der Waals surface area contributed by atoms with Crippen molar-refractivity contribution in [3.63, 3.8) is 0 Å². The smallest absolute Gasteiger partial charge is 0.453 e. The second-order valence-electron chi connectivity index (χ2n) is 13.9. The lowest BCUT2D eigenvalue weighted by molar-refractivity contribution is -0.711. The van der Waals surface area contributed by atoms with Crippen LogP contribution in [0.5, 0.6) is 11.5 Å². The van der Waals surface area contributed by atoms with Crippen LogP contribution in [0.2, 0.25) is 0 Å². The van der Waals surface area contributed by atoms with Crippen molar-refractivity contribution in [3.05, 3.63) is 33.4 Å². The van der Waals surface area contributed by atoms with E-state index in [1.807, 2.05) is 0 Å². The Hall–Kier alpha value is -2.22. The first-order chi connectivity index (χ1) is 21.4. The highest BCUT2D eigenvalue weighted by Gasteiger charge is 2.58. The molecule has 0 aromatic heterocycles. The van der Waals surface area contributed by atoms with Crippen molar-refractivity contribution in [1.82, 2.24) is 0 Å². The van der Waals surface area contributed by atoms with Crippen LogP contribution in [0.15, 0.2) is 12.1 Å². The van der Waals surface area contributed by atoms with Crippen LogP contribution in [-0.2, 0) is 16.3 Å². The summed E-state index contributed by atoms with van der Waals surface area (Å²) in [6.45, 7) is 2.17. The van der Waals surface area contributed by atoms with E-state index in [4.69, 9.17) is 4.84 Å². The second kappa shape index (κ2) is 14.5. The summed E-state index contributed by atoms with van der Waals surface area (Å²) in [5.74, 6) is -4.90. The molecule has 0 spiro atoms. The molecule has 0 amide bonds. The Labute approximate surface area is 267 Å². The molecule has 0 saturated heterocycles. The van der Waals surface area contributed by atoms with Crippen LogP contribution >= 0.6 is 0 Å². The summed E-state index contributed by atoms with van der Waals surface area (Å²) in [6, 6.07) is 3.02. The molecule has 0 unspecified atom stereocenters. The Bertz CT molecular complexity index is 1320. The molecule has 6 atom stereocenters. The average Bonchev–Trinajstić information content (AvgIpc) is 3.24. The molecule has 2 N–H and O–H groups in total. The van der Waals surface area contributed by atoms with E-state index in [1.165, 1.54) is 6.07 Å². The van der Waals surface area contributed by atoms with Crippen LogP contribution in [-0.4, -0.2) is 53.4 Å². The molecule has 1 aromatic rings. The number of alkyl halides is 5. The molecule has 262 valence electrons. The van der Waals surface area contributed by atoms with Crippen molar-refractivity contribution in [1.29, 1.82) is 0 Å². The van der Waals surface area contributed by atoms with Crippen molar-refractivity contribution in [2.75, 3.05) is 11.5 Å². The standard InChI is InChI=1S/C32H46F5NO7S/c1-30-15-13-24-28(25(30)11-12-27(30)40)21(18-22-19-23(39)20-26(29(22)24)45-38(41)42)10-7-5-3-2-4-6-8-16-46(43,44)17-9-14-31(33,34)32(35,36)37/h19-21,24-25,27-28,39-40H,2-18H2,1H3/t21-,24+,25+,27+,28-,30+/m1/s1. The van der Waals surface area contributed by atoms with Gasteiger partial charge in [0.1, 0.15) is 21.3 Å². The number of benzene rings is 1. The summed E-state index contributed by atoms with van der Waals surface area (Å²) in [5, 5.41) is 31.7. The summed E-state index contributed by atoms with van der Waals surface area (Å²) in [6.07, 6.45) is 2.05. The molecule has 3 aliphatic rings. The van der Waals surface area contributed by atoms with Crippen molar-refractivity contribution in [2.45, 2.75) is 127 Å². The Morgan fingerprint density at radius 2 is 1.61 bits per heavy atom. The molecular formula is C32H46F5NO7S. The maximum atomic E-state index is 13.0. The van der Waals surface area contributed by atoms with Gasteiger partial charge < -0.3 is 10.2 Å². The summed E-state index contributed by atoms with van der Waals surface area (Å²) >= 11 is 0. The summed E-state index contributed by atoms with van der Waals surface area (Å²) in [5.41, 5.74) is 1.51. The molecule has 3 aliphatic carbocycles. The van der Waals surface area contributed by atoms with Gasteiger partial charge in [-0.25, -0.2) is 8.42 Å². The molecule has 0 heterocycles. The zero-order chi connectivity index (χ0) is 33.9. The van der Waals surface area contributed by atoms with Gasteiger partial charge in [-0.2, -0.15) is 22.0 Å². The van der Waals surface area contributed by atoms with Gasteiger partial charge >= 0.3 is 12.1 Å². The van der Waals surface area contributed by atoms with Crippen LogP contribution < -0.4 is 4.84 Å². The molecule has 2 fully saturated rings. The summed E-state index contributed by atoms with van der Waals surface area (Å²) < 4.78 is 86.9. The van der Waals surface area contributed by atoms with Gasteiger partial charge in [0.25, 0.3) is 5.09 Å². The maximum absolute atomic E-state index is 13.0. The van der Waals surface area contributed by atoms with E-state index in [2.05, 4.69) is 6.92 Å². The molecule has 0 aliphatic heterocycles. The predicted molar refractivity (Wildman–Crippen MR) is 161 cm³/mol. The van der Waals surface area contributed by atoms with Gasteiger partial charge in [0, 0.05) is 12.5 Å². The normalized spacial score (nSPS) is 27.9. The molecule has 46 heavy (non-hydrogen) atoms. The largest absolute Gasteiger partial charge is 0.508 e. The monoisotopic (exact) mass is 683 g/mol. The lowest BCUT2D eigenvalue weighted by Crippen LogP contribution is -2.47. The zero-order valence-electron chi connectivity index (χ0n) is 26.2. The number of rotatable bonds is 16. The average molecular weight is 684 g/mol. The molecule has 0 bridgehead atoms. The van der Waals surface area contributed by atoms with E-state index >= 15 is 0 Å². The number of halogens is 5. The highest BCUT2D eigenvalue weighted by molar-refractivity contribution is 7.91. The van der Waals surface area contributed by atoms with Crippen LogP contribution in [0.25, 0.3) is 0 Å². The fourth-order valence-corrected chi connectivity index (χ4v) is 10.1. The lowest BCUT2D eigenvalue weighted by Gasteiger charge is -2.53. The number of fused-ring (bicyclic) bond motifs is 5. The first-order valence-electron chi connectivity index (χ1n) is 16.5. The molecule has 4 rings (SSSR count). The van der Waals surface area contributed by atoms with Crippen LogP contribution in [0.4, 0.5) is 22.0 Å². The summed E-state index contributed by atoms with van der Waals surface area (Å²) in [4.78, 5) is 16.2. The van der Waals surface area contributed by atoms with Crippen molar-refractivity contribution in [3.8, 4) is 11.5 Å². The van der Waals surface area contributed by atoms with E-state index in [0.717, 1.165) is 75.3 Å². The number of aliphatic hydroxyl groups is 1. The Morgan fingerprint density at radius 1 is 0.978 bits per heavy atom. The van der Waals surface area contributed by atoms with E-state index in [9.17, 15) is 50.7 Å². The van der Waals surface area contributed by atoms with Crippen LogP contribution in [0, 0.1) is 33.3 Å². The Kier molecular flexibility index (Phi) is 11.5. The molecule has 1 aromatic carbocycles. The first-order valence-corrected chi connectivity index (χ1v) is 18.3. The number of hydrogen-bond donors (Lipinski definition) is 2. The zero-order valence-corrected chi connectivity index (χ0v) is 27.1. The van der Waals surface area contributed by atoms with Gasteiger partial charge in [-0.3, -0.25) is 4.84 Å². The Balaban J connectivity index is 1.25. The number of phenols is 1. The highest BCUT2D eigenvalue weighted by atomic mass is 32.2. The van der Waals surface area contributed by atoms with E-state index < -0.39 is 45.6 Å². The fraction of sp³-hybridized carbons (Fsp3) is 0.812. The minimum absolute atomic E-state index is 0.0464. The lowest BCUT2D eigenvalue weighted by atomic mass is 9.52. The molecular weight excluding hydrogens is 637 g/mol. The number of unbranched alkanes of at least 4 members (excludes halogenated alkanes) is 6. The van der Waals surface area contributed by atoms with Gasteiger partial charge in [-0.15, -0.1) is 10.1 Å². The third-order valence-electron chi connectivity index (χ3n) is 11.0. The number of sulfone groups is 1. The molecule has 8 nitrogen and oxygen atoms in total. The minimum Gasteiger partial charge on any atom is -0.508 e. The number of hydrogen-bond acceptors (Lipinski definition) is 7. The van der Waals surface area contributed by atoms with E-state index in [1.54, 1.807) is 6.07 Å². The van der Waals surface area contributed by atoms with Gasteiger partial charge in [-0.05, 0) is 97.6 Å². The summed E-state index contributed by atoms with van der Waals surface area (Å²) in [7, 11) is -3.69. The predicted octanol–water partition coefficient (Wildman–Crippen LogP) is 7.92. The maximum Gasteiger partial charge on any atom is 0.453 e. The number of nitrogens with zero attached hydrogens (tertiary/aromatic N) is 1. The Morgan fingerprint density at radius 3 is 2.26 bits per heavy atom. The third kappa shape index (κ3) is 8.43. The van der Waals surface area contributed by atoms with Crippen molar-refractivity contribution in [2.24, 2.45) is 23.2 Å². The first kappa shape index (κ1) is 36.6. The van der Waals surface area contributed by atoms with Crippen molar-refractivity contribution < 1.29 is 50.5 Å². The number of phenolic OH excluding ortho intramolecular Hbond substituents is 1. The van der Waals surface area contributed by atoms with E-state index in [0.29, 0.717) is 25.2 Å².